The van der Waals surface area contributed by atoms with Crippen LogP contribution >= 0.6 is 0 Å². The maximum absolute atomic E-state index is 12.3. The predicted octanol–water partition coefficient (Wildman–Crippen LogP) is 0.889. The van der Waals surface area contributed by atoms with Gasteiger partial charge in [0.1, 0.15) is 0 Å². The van der Waals surface area contributed by atoms with E-state index in [1.807, 2.05) is 0 Å². The van der Waals surface area contributed by atoms with Gasteiger partial charge in [0.2, 0.25) is 0 Å². The first-order valence-corrected chi connectivity index (χ1v) is 7.76. The lowest BCUT2D eigenvalue weighted by Crippen LogP contribution is -2.29. The standard InChI is InChI=1S/C15H16N6O3/c22-14(12-8-21(20-19-12)10-3-5-16-6-4-10)17-9-1-2-13-11(7-9)18-15(23)24-13/h1-2,7-8,10,16H,3-6H2,(H,17,22)(H,18,23). The number of nitrogens with one attached hydrogen (secondary N) is 3. The number of benzene rings is 1. The van der Waals surface area contributed by atoms with Crippen molar-refractivity contribution in [2.24, 2.45) is 0 Å². The molecule has 3 heterocycles. The molecule has 0 bridgehead atoms. The highest BCUT2D eigenvalue weighted by molar-refractivity contribution is 6.03. The Morgan fingerprint density at radius 3 is 3.00 bits per heavy atom. The second-order valence-corrected chi connectivity index (χ2v) is 5.74. The molecule has 3 N–H and O–H groups in total. The number of carbonyl (C=O) groups excluding carboxylic acids is 1. The zero-order valence-corrected chi connectivity index (χ0v) is 12.8. The second-order valence-electron chi connectivity index (χ2n) is 5.74. The number of rotatable bonds is 3. The first-order chi connectivity index (χ1) is 11.7. The van der Waals surface area contributed by atoms with Gasteiger partial charge in [0.15, 0.2) is 11.3 Å². The monoisotopic (exact) mass is 328 g/mol. The molecule has 0 saturated carbocycles. The number of aromatic nitrogens is 4. The summed E-state index contributed by atoms with van der Waals surface area (Å²) in [6.45, 7) is 1.88. The van der Waals surface area contributed by atoms with Crippen molar-refractivity contribution in [1.29, 1.82) is 0 Å². The second kappa shape index (κ2) is 5.93. The van der Waals surface area contributed by atoms with Crippen molar-refractivity contribution in [1.82, 2.24) is 25.3 Å². The fraction of sp³-hybridized carbons (Fsp3) is 0.333. The molecule has 9 heteroatoms. The van der Waals surface area contributed by atoms with Crippen LogP contribution in [0.1, 0.15) is 29.4 Å². The van der Waals surface area contributed by atoms with Crippen molar-refractivity contribution < 1.29 is 9.21 Å². The van der Waals surface area contributed by atoms with E-state index in [4.69, 9.17) is 4.42 Å². The minimum atomic E-state index is -0.529. The van der Waals surface area contributed by atoms with Crippen LogP contribution in [-0.4, -0.2) is 39.0 Å². The van der Waals surface area contributed by atoms with Gasteiger partial charge >= 0.3 is 5.76 Å². The Morgan fingerprint density at radius 1 is 1.33 bits per heavy atom. The summed E-state index contributed by atoms with van der Waals surface area (Å²) in [5, 5.41) is 14.1. The van der Waals surface area contributed by atoms with Crippen LogP contribution in [0.25, 0.3) is 11.1 Å². The van der Waals surface area contributed by atoms with Crippen LogP contribution in [0.2, 0.25) is 0 Å². The summed E-state index contributed by atoms with van der Waals surface area (Å²) < 4.78 is 6.68. The summed E-state index contributed by atoms with van der Waals surface area (Å²) in [5.74, 6) is -0.876. The van der Waals surface area contributed by atoms with Gasteiger partial charge < -0.3 is 15.1 Å². The van der Waals surface area contributed by atoms with E-state index in [1.54, 1.807) is 29.1 Å². The normalized spacial score (nSPS) is 15.7. The molecule has 0 aliphatic carbocycles. The molecule has 1 amide bonds. The number of anilines is 1. The highest BCUT2D eigenvalue weighted by Gasteiger charge is 2.19. The van der Waals surface area contributed by atoms with E-state index in [9.17, 15) is 9.59 Å². The van der Waals surface area contributed by atoms with Gasteiger partial charge in [-0.2, -0.15) is 0 Å². The summed E-state index contributed by atoms with van der Waals surface area (Å²) >= 11 is 0. The van der Waals surface area contributed by atoms with E-state index >= 15 is 0 Å². The molecule has 3 aromatic rings. The van der Waals surface area contributed by atoms with E-state index in [1.165, 1.54) is 0 Å². The molecule has 1 aliphatic rings. The van der Waals surface area contributed by atoms with Crippen LogP contribution in [0.3, 0.4) is 0 Å². The molecule has 0 radical (unpaired) electrons. The number of hydrogen-bond donors (Lipinski definition) is 3. The van der Waals surface area contributed by atoms with Gasteiger partial charge in [0.05, 0.1) is 17.8 Å². The largest absolute Gasteiger partial charge is 0.417 e. The predicted molar refractivity (Wildman–Crippen MR) is 86.0 cm³/mol. The van der Waals surface area contributed by atoms with Gasteiger partial charge in [-0.05, 0) is 44.1 Å². The van der Waals surface area contributed by atoms with Crippen LogP contribution in [-0.2, 0) is 0 Å². The number of aromatic amines is 1. The first-order valence-electron chi connectivity index (χ1n) is 7.76. The van der Waals surface area contributed by atoms with Crippen molar-refractivity contribution in [3.63, 3.8) is 0 Å². The quantitative estimate of drug-likeness (QED) is 0.657. The Balaban J connectivity index is 1.50. The average Bonchev–Trinajstić information content (AvgIpc) is 3.21. The molecule has 1 aromatic carbocycles. The molecule has 1 aliphatic heterocycles. The van der Waals surface area contributed by atoms with Crippen molar-refractivity contribution in [2.45, 2.75) is 18.9 Å². The zero-order chi connectivity index (χ0) is 16.5. The molecule has 1 fully saturated rings. The third kappa shape index (κ3) is 2.81. The van der Waals surface area contributed by atoms with E-state index in [0.29, 0.717) is 16.8 Å². The Labute approximate surface area is 136 Å². The molecule has 124 valence electrons. The number of oxazole rings is 1. The lowest BCUT2D eigenvalue weighted by atomic mass is 10.1. The van der Waals surface area contributed by atoms with E-state index in [0.717, 1.165) is 25.9 Å². The van der Waals surface area contributed by atoms with Crippen LogP contribution < -0.4 is 16.4 Å². The zero-order valence-electron chi connectivity index (χ0n) is 12.8. The first kappa shape index (κ1) is 14.6. The van der Waals surface area contributed by atoms with Crippen molar-refractivity contribution >= 4 is 22.7 Å². The summed E-state index contributed by atoms with van der Waals surface area (Å²) in [6, 6.07) is 5.19. The molecule has 4 rings (SSSR count). The summed E-state index contributed by atoms with van der Waals surface area (Å²) in [5.41, 5.74) is 1.77. The van der Waals surface area contributed by atoms with Crippen molar-refractivity contribution in [2.75, 3.05) is 18.4 Å². The van der Waals surface area contributed by atoms with Crippen LogP contribution in [0.4, 0.5) is 5.69 Å². The van der Waals surface area contributed by atoms with Crippen LogP contribution in [0.5, 0.6) is 0 Å². The Hall–Kier alpha value is -2.94. The summed E-state index contributed by atoms with van der Waals surface area (Å²) in [6.07, 6.45) is 3.60. The van der Waals surface area contributed by atoms with Crippen molar-refractivity contribution in [3.05, 3.63) is 40.6 Å². The maximum Gasteiger partial charge on any atom is 0.417 e. The summed E-state index contributed by atoms with van der Waals surface area (Å²) in [7, 11) is 0. The van der Waals surface area contributed by atoms with Crippen molar-refractivity contribution in [3.8, 4) is 0 Å². The SMILES string of the molecule is O=C(Nc1ccc2oc(=O)[nH]c2c1)c1cn(C2CCNCC2)nn1. The lowest BCUT2D eigenvalue weighted by Gasteiger charge is -2.22. The molecule has 0 spiro atoms. The number of fused-ring (bicyclic) bond motifs is 1. The maximum atomic E-state index is 12.3. The highest BCUT2D eigenvalue weighted by Crippen LogP contribution is 2.19. The molecule has 0 unspecified atom stereocenters. The van der Waals surface area contributed by atoms with Gasteiger partial charge in [-0.1, -0.05) is 5.21 Å². The number of hydrogen-bond acceptors (Lipinski definition) is 6. The third-order valence-electron chi connectivity index (χ3n) is 4.10. The van der Waals surface area contributed by atoms with Gasteiger partial charge in [-0.15, -0.1) is 5.10 Å². The smallest absolute Gasteiger partial charge is 0.408 e. The molecule has 9 nitrogen and oxygen atoms in total. The number of amides is 1. The fourth-order valence-electron chi connectivity index (χ4n) is 2.86. The highest BCUT2D eigenvalue weighted by atomic mass is 16.4. The van der Waals surface area contributed by atoms with Gasteiger partial charge in [0, 0.05) is 5.69 Å². The minimum Gasteiger partial charge on any atom is -0.408 e. The Morgan fingerprint density at radius 2 is 2.17 bits per heavy atom. The third-order valence-corrected chi connectivity index (χ3v) is 4.10. The van der Waals surface area contributed by atoms with Gasteiger partial charge in [-0.25, -0.2) is 9.48 Å². The topological polar surface area (TPSA) is 118 Å². The fourth-order valence-corrected chi connectivity index (χ4v) is 2.86. The Kier molecular flexibility index (Phi) is 3.62. The number of carbonyl (C=O) groups is 1. The van der Waals surface area contributed by atoms with Crippen LogP contribution in [0.15, 0.2) is 33.6 Å². The van der Waals surface area contributed by atoms with E-state index < -0.39 is 5.76 Å². The van der Waals surface area contributed by atoms with Gasteiger partial charge in [0.25, 0.3) is 5.91 Å². The molecular formula is C15H16N6O3. The molecule has 1 saturated heterocycles. The van der Waals surface area contributed by atoms with E-state index in [-0.39, 0.29) is 17.6 Å². The molecule has 2 aromatic heterocycles. The molecule has 24 heavy (non-hydrogen) atoms. The molecule has 0 atom stereocenters. The Bertz CT molecular complexity index is 934. The van der Waals surface area contributed by atoms with Gasteiger partial charge in [-0.3, -0.25) is 9.78 Å². The summed E-state index contributed by atoms with van der Waals surface area (Å²) in [4.78, 5) is 26.0. The van der Waals surface area contributed by atoms with E-state index in [2.05, 4.69) is 25.9 Å². The number of piperidine rings is 1. The number of H-pyrrole nitrogens is 1. The van der Waals surface area contributed by atoms with Crippen LogP contribution in [0, 0.1) is 0 Å². The lowest BCUT2D eigenvalue weighted by molar-refractivity contribution is 0.102. The molecular weight excluding hydrogens is 312 g/mol. The average molecular weight is 328 g/mol. The minimum absolute atomic E-state index is 0.259. The number of nitrogens with zero attached hydrogens (tertiary/aromatic N) is 3.